The summed E-state index contributed by atoms with van der Waals surface area (Å²) in [5.41, 5.74) is 2.82. The third kappa shape index (κ3) is 2.69. The number of benzene rings is 2. The van der Waals surface area contributed by atoms with Gasteiger partial charge in [0.15, 0.2) is 0 Å². The molecule has 0 spiro atoms. The summed E-state index contributed by atoms with van der Waals surface area (Å²) in [7, 11) is -3.70. The molecule has 4 rings (SSSR count). The molecule has 130 valence electrons. The van der Waals surface area contributed by atoms with Crippen molar-refractivity contribution in [3.05, 3.63) is 63.8 Å². The highest BCUT2D eigenvalue weighted by molar-refractivity contribution is 7.90. The zero-order valence-corrected chi connectivity index (χ0v) is 15.6. The van der Waals surface area contributed by atoms with E-state index in [1.54, 1.807) is 12.3 Å². The van der Waals surface area contributed by atoms with Gasteiger partial charge in [-0.2, -0.15) is 12.7 Å². The van der Waals surface area contributed by atoms with E-state index in [1.807, 2.05) is 37.3 Å². The number of rotatable bonds is 2. The van der Waals surface area contributed by atoms with Crippen molar-refractivity contribution in [2.75, 3.05) is 4.72 Å². The molecule has 1 unspecified atom stereocenters. The Morgan fingerprint density at radius 2 is 1.88 bits per heavy atom. The number of hydrogen-bond acceptors (Lipinski definition) is 2. The van der Waals surface area contributed by atoms with Crippen LogP contribution in [0.3, 0.4) is 0 Å². The van der Waals surface area contributed by atoms with Gasteiger partial charge in [0.1, 0.15) is 0 Å². The molecule has 0 saturated heterocycles. The Morgan fingerprint density at radius 3 is 2.60 bits per heavy atom. The van der Waals surface area contributed by atoms with E-state index >= 15 is 0 Å². The van der Waals surface area contributed by atoms with E-state index in [4.69, 9.17) is 23.2 Å². The number of nitrogens with one attached hydrogen (secondary N) is 2. The molecule has 2 heterocycles. The van der Waals surface area contributed by atoms with Crippen molar-refractivity contribution < 1.29 is 8.42 Å². The lowest BCUT2D eigenvalue weighted by Crippen LogP contribution is -2.41. The van der Waals surface area contributed by atoms with Gasteiger partial charge in [0.05, 0.1) is 21.2 Å². The lowest BCUT2D eigenvalue weighted by molar-refractivity contribution is 0.335. The summed E-state index contributed by atoms with van der Waals surface area (Å²) >= 11 is 12.5. The van der Waals surface area contributed by atoms with Gasteiger partial charge in [-0.25, -0.2) is 0 Å². The SMILES string of the molecule is CC(c1ccccc1)N1Cc2cc(Cl)c3c(Cl)c[nH]c3c2NS1(=O)=O. The maximum absolute atomic E-state index is 12.8. The van der Waals surface area contributed by atoms with E-state index in [9.17, 15) is 8.42 Å². The Bertz CT molecular complexity index is 1060. The zero-order chi connectivity index (χ0) is 17.8. The van der Waals surface area contributed by atoms with E-state index in [-0.39, 0.29) is 12.6 Å². The van der Waals surface area contributed by atoms with Crippen molar-refractivity contribution in [3.63, 3.8) is 0 Å². The van der Waals surface area contributed by atoms with Crippen molar-refractivity contribution >= 4 is 50.0 Å². The van der Waals surface area contributed by atoms with Crippen molar-refractivity contribution in [2.45, 2.75) is 19.5 Å². The summed E-state index contributed by atoms with van der Waals surface area (Å²) in [4.78, 5) is 3.01. The van der Waals surface area contributed by atoms with Crippen LogP contribution in [0.2, 0.25) is 10.0 Å². The maximum atomic E-state index is 12.8. The minimum atomic E-state index is -3.70. The molecule has 25 heavy (non-hydrogen) atoms. The minimum Gasteiger partial charge on any atom is -0.358 e. The molecule has 0 fully saturated rings. The van der Waals surface area contributed by atoms with Crippen LogP contribution in [0.1, 0.15) is 24.1 Å². The Hall–Kier alpha value is -1.73. The molecule has 1 aliphatic heterocycles. The van der Waals surface area contributed by atoms with Crippen molar-refractivity contribution in [1.29, 1.82) is 0 Å². The summed E-state index contributed by atoms with van der Waals surface area (Å²) < 4.78 is 29.8. The summed E-state index contributed by atoms with van der Waals surface area (Å²) in [5, 5.41) is 1.57. The van der Waals surface area contributed by atoms with E-state index < -0.39 is 10.2 Å². The predicted octanol–water partition coefficient (Wildman–Crippen LogP) is 4.71. The average molecular weight is 396 g/mol. The number of aromatic nitrogens is 1. The van der Waals surface area contributed by atoms with Crippen LogP contribution in [0, 0.1) is 0 Å². The summed E-state index contributed by atoms with van der Waals surface area (Å²) in [6.45, 7) is 2.10. The molecule has 3 aromatic rings. The molecule has 2 aromatic carbocycles. The third-order valence-electron chi connectivity index (χ3n) is 4.52. The van der Waals surface area contributed by atoms with Crippen LogP contribution in [0.15, 0.2) is 42.6 Å². The first-order valence-corrected chi connectivity index (χ1v) is 9.90. The Kier molecular flexibility index (Phi) is 3.96. The quantitative estimate of drug-likeness (QED) is 0.659. The van der Waals surface area contributed by atoms with Gasteiger partial charge in [0.25, 0.3) is 0 Å². The maximum Gasteiger partial charge on any atom is 0.302 e. The fraction of sp³-hybridized carbons (Fsp3) is 0.176. The van der Waals surface area contributed by atoms with Gasteiger partial charge in [-0.1, -0.05) is 53.5 Å². The second kappa shape index (κ2) is 5.92. The lowest BCUT2D eigenvalue weighted by Gasteiger charge is -2.34. The van der Waals surface area contributed by atoms with Crippen LogP contribution in [-0.4, -0.2) is 17.7 Å². The standard InChI is InChI=1S/C17H15Cl2N3O2S/c1-10(11-5-3-2-4-6-11)22-9-12-7-13(18)15-14(19)8-20-17(15)16(12)21-25(22,23)24/h2-8,10,20-21H,9H2,1H3. The number of aromatic amines is 1. The molecule has 1 aromatic heterocycles. The molecular weight excluding hydrogens is 381 g/mol. The van der Waals surface area contributed by atoms with Crippen LogP contribution in [-0.2, 0) is 16.8 Å². The smallest absolute Gasteiger partial charge is 0.302 e. The zero-order valence-electron chi connectivity index (χ0n) is 13.3. The number of anilines is 1. The van der Waals surface area contributed by atoms with Crippen LogP contribution in [0.5, 0.6) is 0 Å². The van der Waals surface area contributed by atoms with Crippen molar-refractivity contribution in [2.24, 2.45) is 0 Å². The Morgan fingerprint density at radius 1 is 1.16 bits per heavy atom. The third-order valence-corrected chi connectivity index (χ3v) is 6.64. The monoisotopic (exact) mass is 395 g/mol. The van der Waals surface area contributed by atoms with Crippen molar-refractivity contribution in [3.8, 4) is 0 Å². The highest BCUT2D eigenvalue weighted by Crippen LogP contribution is 2.42. The molecular formula is C17H15Cl2N3O2S. The Balaban J connectivity index is 1.83. The summed E-state index contributed by atoms with van der Waals surface area (Å²) in [6.07, 6.45) is 1.60. The van der Waals surface area contributed by atoms with Crippen LogP contribution >= 0.6 is 23.2 Å². The lowest BCUT2D eigenvalue weighted by atomic mass is 10.1. The average Bonchev–Trinajstić information content (AvgIpc) is 2.98. The molecule has 0 saturated carbocycles. The number of fused-ring (bicyclic) bond motifs is 3. The fourth-order valence-corrected chi connectivity index (χ4v) is 5.30. The minimum absolute atomic E-state index is 0.229. The summed E-state index contributed by atoms with van der Waals surface area (Å²) in [5.74, 6) is 0. The van der Waals surface area contributed by atoms with Gasteiger partial charge in [0, 0.05) is 24.2 Å². The van der Waals surface area contributed by atoms with Gasteiger partial charge in [0.2, 0.25) is 0 Å². The molecule has 0 radical (unpaired) electrons. The van der Waals surface area contributed by atoms with Crippen LogP contribution in [0.25, 0.3) is 10.9 Å². The molecule has 1 aliphatic rings. The van der Waals surface area contributed by atoms with Gasteiger partial charge in [-0.3, -0.25) is 4.72 Å². The first-order chi connectivity index (χ1) is 11.9. The van der Waals surface area contributed by atoms with Gasteiger partial charge < -0.3 is 4.98 Å². The largest absolute Gasteiger partial charge is 0.358 e. The molecule has 5 nitrogen and oxygen atoms in total. The van der Waals surface area contributed by atoms with Crippen molar-refractivity contribution in [1.82, 2.24) is 9.29 Å². The van der Waals surface area contributed by atoms with E-state index in [2.05, 4.69) is 9.71 Å². The highest BCUT2D eigenvalue weighted by atomic mass is 35.5. The highest BCUT2D eigenvalue weighted by Gasteiger charge is 2.35. The first-order valence-electron chi connectivity index (χ1n) is 7.71. The van der Waals surface area contributed by atoms with Gasteiger partial charge in [-0.15, -0.1) is 0 Å². The topological polar surface area (TPSA) is 65.2 Å². The number of hydrogen-bond donors (Lipinski definition) is 2. The molecule has 0 bridgehead atoms. The normalized spacial score (nSPS) is 17.9. The van der Waals surface area contributed by atoms with Crippen LogP contribution in [0.4, 0.5) is 5.69 Å². The van der Waals surface area contributed by atoms with E-state index in [0.717, 1.165) is 11.1 Å². The second-order valence-corrected chi connectivity index (χ2v) is 8.46. The van der Waals surface area contributed by atoms with Gasteiger partial charge >= 0.3 is 10.2 Å². The second-order valence-electron chi connectivity index (χ2n) is 6.02. The number of nitrogens with zero attached hydrogens (tertiary/aromatic N) is 1. The van der Waals surface area contributed by atoms with E-state index in [0.29, 0.717) is 26.6 Å². The van der Waals surface area contributed by atoms with Gasteiger partial charge in [-0.05, 0) is 24.1 Å². The summed E-state index contributed by atoms with van der Waals surface area (Å²) in [6, 6.07) is 11.0. The fourth-order valence-electron chi connectivity index (χ4n) is 3.21. The molecule has 8 heteroatoms. The first kappa shape index (κ1) is 16.7. The molecule has 0 amide bonds. The molecule has 1 atom stereocenters. The number of H-pyrrole nitrogens is 1. The van der Waals surface area contributed by atoms with E-state index in [1.165, 1.54) is 4.31 Å². The molecule has 2 N–H and O–H groups in total. The predicted molar refractivity (Wildman–Crippen MR) is 101 cm³/mol. The number of halogens is 2. The Labute approximate surface area is 155 Å². The molecule has 0 aliphatic carbocycles. The van der Waals surface area contributed by atoms with Crippen LogP contribution < -0.4 is 4.72 Å².